The van der Waals surface area contributed by atoms with Crippen LogP contribution in [0.15, 0.2) is 35.7 Å². The van der Waals surface area contributed by atoms with Crippen LogP contribution < -0.4 is 4.72 Å². The number of ketones is 1. The van der Waals surface area contributed by atoms with Gasteiger partial charge in [-0.05, 0) is 12.0 Å². The fourth-order valence-corrected chi connectivity index (χ4v) is 4.37. The quantitative estimate of drug-likeness (QED) is 0.721. The fourth-order valence-electron chi connectivity index (χ4n) is 2.55. The molecular formula is C16H18N3O4S2. The minimum Gasteiger partial charge on any atom is -0.379 e. The molecule has 1 aliphatic rings. The molecule has 0 unspecified atom stereocenters. The first kappa shape index (κ1) is 18.2. The average molecular weight is 380 g/mol. The first-order chi connectivity index (χ1) is 12.1. The lowest BCUT2D eigenvalue weighted by Gasteiger charge is -2.28. The van der Waals surface area contributed by atoms with Gasteiger partial charge in [0.05, 0.1) is 19.3 Å². The van der Waals surface area contributed by atoms with Crippen molar-refractivity contribution in [1.82, 2.24) is 14.0 Å². The number of ether oxygens (including phenoxy) is 1. The second kappa shape index (κ2) is 8.15. The van der Waals surface area contributed by atoms with Crippen LogP contribution in [0.4, 0.5) is 0 Å². The number of nitrogens with zero attached hydrogens (tertiary/aromatic N) is 2. The summed E-state index contributed by atoms with van der Waals surface area (Å²) in [4.78, 5) is 16.6. The van der Waals surface area contributed by atoms with E-state index in [9.17, 15) is 13.2 Å². The van der Waals surface area contributed by atoms with E-state index in [1.54, 1.807) is 5.38 Å². The molecule has 133 valence electrons. The molecule has 7 nitrogen and oxygen atoms in total. The Morgan fingerprint density at radius 2 is 2.04 bits per heavy atom. The van der Waals surface area contributed by atoms with Crippen LogP contribution in [-0.2, 0) is 21.4 Å². The van der Waals surface area contributed by atoms with Crippen molar-refractivity contribution in [1.29, 1.82) is 0 Å². The number of hydrogen-bond acceptors (Lipinski definition) is 6. The van der Waals surface area contributed by atoms with Gasteiger partial charge >= 0.3 is 0 Å². The first-order valence-corrected chi connectivity index (χ1v) is 10.1. The predicted octanol–water partition coefficient (Wildman–Crippen LogP) is 0.904. The number of rotatable bonds is 7. The van der Waals surface area contributed by atoms with E-state index in [1.807, 2.05) is 30.3 Å². The van der Waals surface area contributed by atoms with Gasteiger partial charge in [0.15, 0.2) is 11.3 Å². The molecule has 0 aliphatic carbocycles. The van der Waals surface area contributed by atoms with Crippen molar-refractivity contribution in [2.45, 2.75) is 12.5 Å². The van der Waals surface area contributed by atoms with E-state index in [2.05, 4.69) is 15.2 Å². The third kappa shape index (κ3) is 4.71. The van der Waals surface area contributed by atoms with E-state index in [-0.39, 0.29) is 31.0 Å². The predicted molar refractivity (Wildman–Crippen MR) is 93.7 cm³/mol. The van der Waals surface area contributed by atoms with Crippen molar-refractivity contribution in [3.8, 4) is 0 Å². The van der Waals surface area contributed by atoms with Gasteiger partial charge in [0.2, 0.25) is 0 Å². The number of carbonyl (C=O) groups excluding carboxylic acids is 1. The third-order valence-corrected chi connectivity index (χ3v) is 6.01. The molecule has 25 heavy (non-hydrogen) atoms. The van der Waals surface area contributed by atoms with Gasteiger partial charge in [-0.3, -0.25) is 4.79 Å². The summed E-state index contributed by atoms with van der Waals surface area (Å²) in [6.45, 7) is 1.23. The molecule has 1 fully saturated rings. The first-order valence-electron chi connectivity index (χ1n) is 7.81. The Morgan fingerprint density at radius 3 is 2.68 bits per heavy atom. The van der Waals surface area contributed by atoms with Gasteiger partial charge in [0, 0.05) is 18.5 Å². The molecule has 2 heterocycles. The lowest BCUT2D eigenvalue weighted by Crippen LogP contribution is -2.52. The minimum atomic E-state index is -3.79. The summed E-state index contributed by atoms with van der Waals surface area (Å²) in [6.07, 6.45) is 0.251. The highest BCUT2D eigenvalue weighted by atomic mass is 32.2. The Kier molecular flexibility index (Phi) is 5.92. The van der Waals surface area contributed by atoms with Crippen LogP contribution >= 0.6 is 11.3 Å². The highest BCUT2D eigenvalue weighted by molar-refractivity contribution is 7.87. The summed E-state index contributed by atoms with van der Waals surface area (Å²) in [5.74, 6) is -0.363. The molecule has 1 radical (unpaired) electrons. The number of thiazole rings is 1. The Morgan fingerprint density at radius 1 is 1.32 bits per heavy atom. The van der Waals surface area contributed by atoms with Gasteiger partial charge in [-0.2, -0.15) is 17.4 Å². The molecule has 2 aromatic rings. The summed E-state index contributed by atoms with van der Waals surface area (Å²) in [5, 5.41) is 1.57. The van der Waals surface area contributed by atoms with Crippen LogP contribution in [0.3, 0.4) is 0 Å². The summed E-state index contributed by atoms with van der Waals surface area (Å²) in [5.41, 5.74) is 3.71. The molecule has 0 bridgehead atoms. The van der Waals surface area contributed by atoms with E-state index in [0.29, 0.717) is 13.2 Å². The molecule has 1 aromatic heterocycles. The minimum absolute atomic E-state index is 0.218. The Bertz CT molecular complexity index is 788. The van der Waals surface area contributed by atoms with Gasteiger partial charge in [-0.15, -0.1) is 11.3 Å². The highest BCUT2D eigenvalue weighted by Gasteiger charge is 2.31. The maximum atomic E-state index is 12.7. The number of aromatic nitrogens is 1. The van der Waals surface area contributed by atoms with E-state index < -0.39 is 16.3 Å². The fraction of sp³-hybridized carbons (Fsp3) is 0.375. The summed E-state index contributed by atoms with van der Waals surface area (Å²) in [7, 11) is -3.79. The molecule has 9 heteroatoms. The van der Waals surface area contributed by atoms with Gasteiger partial charge in [0.25, 0.3) is 10.2 Å². The van der Waals surface area contributed by atoms with Crippen molar-refractivity contribution in [2.24, 2.45) is 0 Å². The Balaban J connectivity index is 1.81. The monoisotopic (exact) mass is 380 g/mol. The molecule has 1 saturated heterocycles. The van der Waals surface area contributed by atoms with Crippen molar-refractivity contribution < 1.29 is 17.9 Å². The zero-order chi connectivity index (χ0) is 17.7. The summed E-state index contributed by atoms with van der Waals surface area (Å²) in [6, 6.07) is 8.36. The van der Waals surface area contributed by atoms with Gasteiger partial charge in [0.1, 0.15) is 5.69 Å². The number of carbonyl (C=O) groups is 1. The topological polar surface area (TPSA) is 88.6 Å². The molecule has 1 aromatic carbocycles. The number of nitrogens with one attached hydrogen (secondary N) is 1. The van der Waals surface area contributed by atoms with Crippen molar-refractivity contribution >= 4 is 27.3 Å². The zero-order valence-electron chi connectivity index (χ0n) is 13.4. The lowest BCUT2D eigenvalue weighted by molar-refractivity contribution is 0.0721. The molecule has 0 amide bonds. The average Bonchev–Trinajstić information content (AvgIpc) is 3.17. The van der Waals surface area contributed by atoms with Crippen LogP contribution in [0.5, 0.6) is 0 Å². The van der Waals surface area contributed by atoms with E-state index in [4.69, 9.17) is 4.74 Å². The molecular weight excluding hydrogens is 362 g/mol. The zero-order valence-corrected chi connectivity index (χ0v) is 15.1. The molecule has 1 N–H and O–H groups in total. The molecule has 0 saturated carbocycles. The highest BCUT2D eigenvalue weighted by Crippen LogP contribution is 2.13. The molecule has 0 spiro atoms. The smallest absolute Gasteiger partial charge is 0.280 e. The Hall–Kier alpha value is -1.65. The second-order valence-corrected chi connectivity index (χ2v) is 7.92. The maximum Gasteiger partial charge on any atom is 0.280 e. The number of morpholine rings is 1. The van der Waals surface area contributed by atoms with Gasteiger partial charge in [-0.25, -0.2) is 4.98 Å². The maximum absolute atomic E-state index is 12.7. The van der Waals surface area contributed by atoms with E-state index in [0.717, 1.165) is 5.56 Å². The molecule has 3 rings (SSSR count). The number of hydrogen-bond donors (Lipinski definition) is 1. The molecule has 1 aliphatic heterocycles. The summed E-state index contributed by atoms with van der Waals surface area (Å²) < 4.78 is 34.3. The number of Topliss-reactive ketones (excluding diaryl/α,β-unsaturated/α-hetero) is 1. The van der Waals surface area contributed by atoms with Crippen molar-refractivity contribution in [3.63, 3.8) is 0 Å². The van der Waals surface area contributed by atoms with Crippen molar-refractivity contribution in [2.75, 3.05) is 26.3 Å². The van der Waals surface area contributed by atoms with Crippen LogP contribution in [0.2, 0.25) is 0 Å². The van der Waals surface area contributed by atoms with E-state index in [1.165, 1.54) is 15.6 Å². The van der Waals surface area contributed by atoms with Crippen LogP contribution in [0.1, 0.15) is 16.1 Å². The normalized spacial score (nSPS) is 17.3. The third-order valence-electron chi connectivity index (χ3n) is 3.84. The SMILES string of the molecule is O=C(c1cs[c]n1)[C@H](Cc1ccccc1)NS(=O)(=O)N1CCOCC1. The van der Waals surface area contributed by atoms with Crippen molar-refractivity contribution in [3.05, 3.63) is 52.5 Å². The lowest BCUT2D eigenvalue weighted by atomic mass is 10.0. The van der Waals surface area contributed by atoms with Gasteiger partial charge < -0.3 is 4.74 Å². The molecule has 1 atom stereocenters. The van der Waals surface area contributed by atoms with Gasteiger partial charge in [-0.1, -0.05) is 30.3 Å². The van der Waals surface area contributed by atoms with Crippen LogP contribution in [-0.4, -0.2) is 55.8 Å². The van der Waals surface area contributed by atoms with Crippen LogP contribution in [0.25, 0.3) is 0 Å². The van der Waals surface area contributed by atoms with Crippen LogP contribution in [0, 0.1) is 5.51 Å². The standard InChI is InChI=1S/C16H18N3O4S2/c20-16(15-11-24-12-17-15)14(10-13-4-2-1-3-5-13)18-25(21,22)19-6-8-23-9-7-19/h1-5,11,14,18H,6-10H2/t14-/m0/s1. The summed E-state index contributed by atoms with van der Waals surface area (Å²) >= 11 is 1.18. The Labute approximate surface area is 150 Å². The second-order valence-electron chi connectivity index (χ2n) is 5.56. The number of benzene rings is 1. The van der Waals surface area contributed by atoms with E-state index >= 15 is 0 Å². The largest absolute Gasteiger partial charge is 0.379 e.